The highest BCUT2D eigenvalue weighted by Crippen LogP contribution is 2.31. The van der Waals surface area contributed by atoms with Gasteiger partial charge in [-0.25, -0.2) is 13.2 Å². The van der Waals surface area contributed by atoms with Crippen LogP contribution in [0, 0.1) is 5.92 Å². The first kappa shape index (κ1) is 21.3. The average Bonchev–Trinajstić information content (AvgIpc) is 2.68. The first-order valence-corrected chi connectivity index (χ1v) is 11.1. The molecule has 156 valence electrons. The molecule has 0 radical (unpaired) electrons. The maximum atomic E-state index is 12.7. The molecule has 7 nitrogen and oxygen atoms in total. The number of ether oxygens (including phenoxy) is 1. The molecular formula is C20H23ClN2O5S. The number of piperidine rings is 1. The molecule has 0 spiro atoms. The molecule has 3 rings (SSSR count). The maximum absolute atomic E-state index is 12.7. The second kappa shape index (κ2) is 8.51. The number of carboxylic acids is 1. The molecule has 0 aliphatic carbocycles. The van der Waals surface area contributed by atoms with Gasteiger partial charge in [-0.1, -0.05) is 18.5 Å². The third-order valence-electron chi connectivity index (χ3n) is 5.04. The zero-order valence-electron chi connectivity index (χ0n) is 16.2. The van der Waals surface area contributed by atoms with Gasteiger partial charge in [0, 0.05) is 18.8 Å². The van der Waals surface area contributed by atoms with Crippen LogP contribution in [0.2, 0.25) is 5.02 Å². The summed E-state index contributed by atoms with van der Waals surface area (Å²) in [6.45, 7) is 3.73. The second-order valence-electron chi connectivity index (χ2n) is 7.11. The number of hydrogen-bond acceptors (Lipinski definition) is 5. The number of rotatable bonds is 6. The van der Waals surface area contributed by atoms with Gasteiger partial charge < -0.3 is 14.7 Å². The van der Waals surface area contributed by atoms with Crippen LogP contribution in [0.4, 0.5) is 11.4 Å². The highest BCUT2D eigenvalue weighted by atomic mass is 35.5. The van der Waals surface area contributed by atoms with E-state index in [2.05, 4.69) is 11.6 Å². The summed E-state index contributed by atoms with van der Waals surface area (Å²) in [5.41, 5.74) is 0.829. The van der Waals surface area contributed by atoms with Gasteiger partial charge in [0.1, 0.15) is 5.75 Å². The molecule has 0 aromatic heterocycles. The minimum Gasteiger partial charge on any atom is -0.495 e. The van der Waals surface area contributed by atoms with Crippen molar-refractivity contribution < 1.29 is 23.1 Å². The third kappa shape index (κ3) is 4.76. The van der Waals surface area contributed by atoms with E-state index in [-0.39, 0.29) is 21.2 Å². The molecule has 9 heteroatoms. The normalized spacial score (nSPS) is 15.2. The smallest absolute Gasteiger partial charge is 0.337 e. The molecule has 1 aliphatic rings. The number of carboxylic acid groups (broad SMARTS) is 1. The number of hydrogen-bond donors (Lipinski definition) is 2. The van der Waals surface area contributed by atoms with Crippen molar-refractivity contribution in [1.82, 2.24) is 0 Å². The lowest BCUT2D eigenvalue weighted by atomic mass is 9.98. The number of carbonyl (C=O) groups is 1. The molecular weight excluding hydrogens is 416 g/mol. The summed E-state index contributed by atoms with van der Waals surface area (Å²) in [4.78, 5) is 13.8. The van der Waals surface area contributed by atoms with E-state index < -0.39 is 16.0 Å². The van der Waals surface area contributed by atoms with Gasteiger partial charge in [0.2, 0.25) is 0 Å². The Kier molecular flexibility index (Phi) is 6.24. The molecule has 0 atom stereocenters. The fourth-order valence-electron chi connectivity index (χ4n) is 3.32. The predicted molar refractivity (Wildman–Crippen MR) is 113 cm³/mol. The molecule has 1 fully saturated rings. The Morgan fingerprint density at radius 3 is 2.48 bits per heavy atom. The number of methoxy groups -OCH3 is 1. The highest BCUT2D eigenvalue weighted by Gasteiger charge is 2.23. The van der Waals surface area contributed by atoms with E-state index in [1.54, 1.807) is 12.1 Å². The van der Waals surface area contributed by atoms with Crippen molar-refractivity contribution in [2.75, 3.05) is 29.8 Å². The summed E-state index contributed by atoms with van der Waals surface area (Å²) in [6, 6.07) is 8.68. The fourth-order valence-corrected chi connectivity index (χ4v) is 4.72. The van der Waals surface area contributed by atoms with Gasteiger partial charge in [0.15, 0.2) is 0 Å². The van der Waals surface area contributed by atoms with E-state index in [4.69, 9.17) is 16.3 Å². The Morgan fingerprint density at radius 1 is 1.21 bits per heavy atom. The Labute approximate surface area is 175 Å². The summed E-state index contributed by atoms with van der Waals surface area (Å²) < 4.78 is 32.8. The van der Waals surface area contributed by atoms with E-state index in [9.17, 15) is 18.3 Å². The zero-order valence-corrected chi connectivity index (χ0v) is 17.8. The molecule has 1 heterocycles. The first-order valence-electron chi connectivity index (χ1n) is 9.20. The van der Waals surface area contributed by atoms with E-state index in [1.165, 1.54) is 31.4 Å². The number of aromatic carboxylic acids is 1. The van der Waals surface area contributed by atoms with Gasteiger partial charge in [-0.3, -0.25) is 4.72 Å². The molecule has 0 amide bonds. The van der Waals surface area contributed by atoms with E-state index >= 15 is 0 Å². The molecule has 0 bridgehead atoms. The van der Waals surface area contributed by atoms with Crippen molar-refractivity contribution in [2.45, 2.75) is 24.7 Å². The van der Waals surface area contributed by atoms with E-state index in [0.717, 1.165) is 25.9 Å². The lowest BCUT2D eigenvalue weighted by Gasteiger charge is -2.33. The Balaban J connectivity index is 1.88. The molecule has 2 N–H and O–H groups in total. The van der Waals surface area contributed by atoms with Crippen LogP contribution < -0.4 is 14.4 Å². The summed E-state index contributed by atoms with van der Waals surface area (Å²) in [6.07, 6.45) is 1.98. The Hall–Kier alpha value is -2.45. The SMILES string of the molecule is COc1ccc(S(=O)(=O)Nc2ccc(N3CCC(C)CC3)c(C(=O)O)c2)cc1Cl. The van der Waals surface area contributed by atoms with Crippen molar-refractivity contribution in [3.63, 3.8) is 0 Å². The van der Waals surface area contributed by atoms with Crippen LogP contribution in [-0.2, 0) is 10.0 Å². The van der Waals surface area contributed by atoms with Crippen molar-refractivity contribution in [1.29, 1.82) is 0 Å². The van der Waals surface area contributed by atoms with Crippen LogP contribution in [-0.4, -0.2) is 39.7 Å². The topological polar surface area (TPSA) is 95.9 Å². The fraction of sp³-hybridized carbons (Fsp3) is 0.350. The molecule has 29 heavy (non-hydrogen) atoms. The number of sulfonamides is 1. The summed E-state index contributed by atoms with van der Waals surface area (Å²) >= 11 is 6.02. The van der Waals surface area contributed by atoms with Crippen LogP contribution in [0.25, 0.3) is 0 Å². The van der Waals surface area contributed by atoms with Crippen molar-refractivity contribution in [3.8, 4) is 5.75 Å². The van der Waals surface area contributed by atoms with Crippen molar-refractivity contribution in [3.05, 3.63) is 47.0 Å². The van der Waals surface area contributed by atoms with Crippen LogP contribution in [0.1, 0.15) is 30.1 Å². The Morgan fingerprint density at radius 2 is 1.90 bits per heavy atom. The van der Waals surface area contributed by atoms with Gasteiger partial charge in [-0.2, -0.15) is 0 Å². The van der Waals surface area contributed by atoms with Crippen LogP contribution >= 0.6 is 11.6 Å². The predicted octanol–water partition coefficient (Wildman–Crippen LogP) is 4.08. The second-order valence-corrected chi connectivity index (χ2v) is 9.20. The molecule has 2 aromatic rings. The monoisotopic (exact) mass is 438 g/mol. The molecule has 2 aromatic carbocycles. The third-order valence-corrected chi connectivity index (χ3v) is 6.71. The van der Waals surface area contributed by atoms with Crippen molar-refractivity contribution >= 4 is 39.0 Å². The molecule has 1 saturated heterocycles. The van der Waals surface area contributed by atoms with Crippen molar-refractivity contribution in [2.24, 2.45) is 5.92 Å². The first-order chi connectivity index (χ1) is 13.7. The standard InChI is InChI=1S/C20H23ClN2O5S/c1-13-7-9-23(10-8-13)18-5-3-14(11-16(18)20(24)25)22-29(26,27)15-4-6-19(28-2)17(21)12-15/h3-6,11-13,22H,7-10H2,1-2H3,(H,24,25). The lowest BCUT2D eigenvalue weighted by Crippen LogP contribution is -2.33. The van der Waals surface area contributed by atoms with Gasteiger partial charge in [0.25, 0.3) is 10.0 Å². The van der Waals surface area contributed by atoms with E-state index in [0.29, 0.717) is 17.4 Å². The maximum Gasteiger partial charge on any atom is 0.337 e. The zero-order chi connectivity index (χ0) is 21.2. The molecule has 0 unspecified atom stereocenters. The highest BCUT2D eigenvalue weighted by molar-refractivity contribution is 7.92. The average molecular weight is 439 g/mol. The summed E-state index contributed by atoms with van der Waals surface area (Å²) in [5.74, 6) is -0.131. The van der Waals surface area contributed by atoms with Gasteiger partial charge in [0.05, 0.1) is 28.3 Å². The lowest BCUT2D eigenvalue weighted by molar-refractivity contribution is 0.0697. The number of anilines is 2. The van der Waals surface area contributed by atoms with Crippen LogP contribution in [0.3, 0.4) is 0 Å². The minimum atomic E-state index is -3.94. The number of nitrogens with zero attached hydrogens (tertiary/aromatic N) is 1. The molecule has 1 aliphatic heterocycles. The number of nitrogens with one attached hydrogen (secondary N) is 1. The van der Waals surface area contributed by atoms with Gasteiger partial charge in [-0.05, 0) is 55.2 Å². The van der Waals surface area contributed by atoms with Crippen LogP contribution in [0.5, 0.6) is 5.75 Å². The minimum absolute atomic E-state index is 0.0470. The summed E-state index contributed by atoms with van der Waals surface area (Å²) in [7, 11) is -2.51. The van der Waals surface area contributed by atoms with Gasteiger partial charge in [-0.15, -0.1) is 0 Å². The number of benzene rings is 2. The van der Waals surface area contributed by atoms with Gasteiger partial charge >= 0.3 is 5.97 Å². The summed E-state index contributed by atoms with van der Waals surface area (Å²) in [5, 5.41) is 9.81. The van der Waals surface area contributed by atoms with Crippen LogP contribution in [0.15, 0.2) is 41.3 Å². The largest absolute Gasteiger partial charge is 0.495 e. The van der Waals surface area contributed by atoms with E-state index in [1.807, 2.05) is 4.90 Å². The molecule has 0 saturated carbocycles. The number of halogens is 1. The Bertz CT molecular complexity index is 1020. The quantitative estimate of drug-likeness (QED) is 0.705.